The standard InChI is InChI=1S/C8H19N2OP/c1-3-7(4-2)5-8(9)6-12(10)11/h7-8,10H,3-6,9H2,1-2H3. The molecule has 0 spiro atoms. The predicted molar refractivity (Wildman–Crippen MR) is 51.2 cm³/mol. The highest BCUT2D eigenvalue weighted by Gasteiger charge is 2.13. The van der Waals surface area contributed by atoms with Crippen LogP contribution < -0.4 is 10.6 Å². The number of hydrogen-bond acceptors (Lipinski definition) is 3. The van der Waals surface area contributed by atoms with E-state index in [1.807, 2.05) is 0 Å². The Kier molecular flexibility index (Phi) is 6.54. The lowest BCUT2D eigenvalue weighted by atomic mass is 9.96. The summed E-state index contributed by atoms with van der Waals surface area (Å²) >= 11 is 0. The molecule has 0 aromatic heterocycles. The summed E-state index contributed by atoms with van der Waals surface area (Å²) < 4.78 is 0. The van der Waals surface area contributed by atoms with Gasteiger partial charge in [0.25, 0.3) is 0 Å². The fraction of sp³-hybridized carbons (Fsp3) is 1.00. The lowest BCUT2D eigenvalue weighted by Gasteiger charge is -2.15. The average Bonchev–Trinajstić information content (AvgIpc) is 1.98. The summed E-state index contributed by atoms with van der Waals surface area (Å²) in [7, 11) is -1.81. The minimum atomic E-state index is -1.81. The van der Waals surface area contributed by atoms with E-state index in [2.05, 4.69) is 13.8 Å². The highest BCUT2D eigenvalue weighted by Crippen LogP contribution is 2.18. The van der Waals surface area contributed by atoms with Gasteiger partial charge in [0.05, 0.1) is 0 Å². The van der Waals surface area contributed by atoms with Gasteiger partial charge in [0.2, 0.25) is 0 Å². The summed E-state index contributed by atoms with van der Waals surface area (Å²) in [5.74, 6) is 0.634. The molecule has 0 aromatic carbocycles. The molecule has 0 aliphatic carbocycles. The van der Waals surface area contributed by atoms with Crippen molar-refractivity contribution in [2.75, 3.05) is 6.16 Å². The Morgan fingerprint density at radius 1 is 1.42 bits per heavy atom. The van der Waals surface area contributed by atoms with Crippen molar-refractivity contribution in [1.29, 1.82) is 5.16 Å². The largest absolute Gasteiger partial charge is 0.612 e. The molecule has 0 radical (unpaired) electrons. The van der Waals surface area contributed by atoms with Crippen LogP contribution in [-0.4, -0.2) is 12.2 Å². The molecular formula is C8H19N2OP. The maximum absolute atomic E-state index is 10.5. The van der Waals surface area contributed by atoms with Gasteiger partial charge in [-0.2, -0.15) is 0 Å². The molecule has 0 aliphatic rings. The molecule has 0 aromatic rings. The van der Waals surface area contributed by atoms with Crippen LogP contribution in [0.25, 0.3) is 0 Å². The van der Waals surface area contributed by atoms with E-state index in [4.69, 9.17) is 10.9 Å². The van der Waals surface area contributed by atoms with E-state index in [1.54, 1.807) is 0 Å². The highest BCUT2D eigenvalue weighted by molar-refractivity contribution is 7.37. The first-order chi connectivity index (χ1) is 5.60. The van der Waals surface area contributed by atoms with Gasteiger partial charge >= 0.3 is 0 Å². The van der Waals surface area contributed by atoms with Crippen LogP contribution in [0.4, 0.5) is 0 Å². The molecule has 3 nitrogen and oxygen atoms in total. The van der Waals surface area contributed by atoms with Crippen LogP contribution in [0.2, 0.25) is 0 Å². The van der Waals surface area contributed by atoms with E-state index >= 15 is 0 Å². The third-order valence-electron chi connectivity index (χ3n) is 2.19. The fourth-order valence-electron chi connectivity index (χ4n) is 1.34. The molecule has 12 heavy (non-hydrogen) atoms. The monoisotopic (exact) mass is 190 g/mol. The molecule has 3 N–H and O–H groups in total. The summed E-state index contributed by atoms with van der Waals surface area (Å²) in [5.41, 5.74) is 5.72. The normalized spacial score (nSPS) is 14.9. The summed E-state index contributed by atoms with van der Waals surface area (Å²) in [6, 6.07) is -0.0454. The Labute approximate surface area is 75.7 Å². The van der Waals surface area contributed by atoms with Gasteiger partial charge in [0, 0.05) is 6.04 Å². The second kappa shape index (κ2) is 6.53. The first-order valence-corrected chi connectivity index (χ1v) is 5.96. The summed E-state index contributed by atoms with van der Waals surface area (Å²) in [6.07, 6.45) is 3.51. The maximum Gasteiger partial charge on any atom is 0.161 e. The van der Waals surface area contributed by atoms with Gasteiger partial charge in [-0.1, -0.05) is 26.7 Å². The number of hydrogen-bond donors (Lipinski definition) is 2. The predicted octanol–water partition coefficient (Wildman–Crippen LogP) is 1.66. The fourth-order valence-corrected chi connectivity index (χ4v) is 1.91. The van der Waals surface area contributed by atoms with Crippen molar-refractivity contribution in [2.45, 2.75) is 39.2 Å². The van der Waals surface area contributed by atoms with Crippen molar-refractivity contribution < 1.29 is 4.89 Å². The molecule has 4 heteroatoms. The van der Waals surface area contributed by atoms with Gasteiger partial charge in [0.15, 0.2) is 7.94 Å². The van der Waals surface area contributed by atoms with Crippen LogP contribution in [0.3, 0.4) is 0 Å². The zero-order valence-corrected chi connectivity index (χ0v) is 8.81. The molecule has 2 unspecified atom stereocenters. The molecule has 0 saturated carbocycles. The third kappa shape index (κ3) is 5.64. The van der Waals surface area contributed by atoms with Gasteiger partial charge in [-0.3, -0.25) is 0 Å². The number of nitrogens with one attached hydrogen (secondary N) is 1. The second-order valence-electron chi connectivity index (χ2n) is 3.24. The molecule has 0 rings (SSSR count). The summed E-state index contributed by atoms with van der Waals surface area (Å²) in [6.45, 7) is 4.28. The van der Waals surface area contributed by atoms with Gasteiger partial charge in [-0.05, 0) is 12.3 Å². The van der Waals surface area contributed by atoms with Crippen molar-refractivity contribution in [3.8, 4) is 0 Å². The summed E-state index contributed by atoms with van der Waals surface area (Å²) in [5, 5.41) is 6.90. The smallest absolute Gasteiger partial charge is 0.161 e. The third-order valence-corrected chi connectivity index (χ3v) is 2.99. The zero-order chi connectivity index (χ0) is 9.56. The van der Waals surface area contributed by atoms with Crippen molar-refractivity contribution in [2.24, 2.45) is 11.7 Å². The zero-order valence-electron chi connectivity index (χ0n) is 7.92. The molecule has 0 bridgehead atoms. The van der Waals surface area contributed by atoms with E-state index in [0.717, 1.165) is 19.3 Å². The molecule has 0 aliphatic heterocycles. The van der Waals surface area contributed by atoms with Gasteiger partial charge < -0.3 is 10.6 Å². The Morgan fingerprint density at radius 3 is 2.25 bits per heavy atom. The van der Waals surface area contributed by atoms with Crippen molar-refractivity contribution in [1.82, 2.24) is 0 Å². The molecule has 0 heterocycles. The van der Waals surface area contributed by atoms with Gasteiger partial charge in [0.1, 0.15) is 6.16 Å². The maximum atomic E-state index is 10.5. The van der Waals surface area contributed by atoms with Gasteiger partial charge in [-0.15, -0.1) is 5.16 Å². The Morgan fingerprint density at radius 2 is 1.92 bits per heavy atom. The molecule has 0 saturated heterocycles. The van der Waals surface area contributed by atoms with E-state index in [9.17, 15) is 4.89 Å². The Hall–Kier alpha value is 0.0200. The van der Waals surface area contributed by atoms with Crippen LogP contribution in [0, 0.1) is 11.1 Å². The van der Waals surface area contributed by atoms with Gasteiger partial charge in [-0.25, -0.2) is 0 Å². The van der Waals surface area contributed by atoms with Crippen LogP contribution in [-0.2, 0) is 0 Å². The summed E-state index contributed by atoms with van der Waals surface area (Å²) in [4.78, 5) is 10.5. The molecule has 0 amide bonds. The minimum Gasteiger partial charge on any atom is -0.612 e. The van der Waals surface area contributed by atoms with Crippen LogP contribution >= 0.6 is 7.94 Å². The first-order valence-electron chi connectivity index (χ1n) is 4.51. The van der Waals surface area contributed by atoms with Crippen LogP contribution in [0.5, 0.6) is 0 Å². The molecule has 72 valence electrons. The van der Waals surface area contributed by atoms with E-state index in [-0.39, 0.29) is 6.04 Å². The van der Waals surface area contributed by atoms with Crippen molar-refractivity contribution in [3.05, 3.63) is 0 Å². The lowest BCUT2D eigenvalue weighted by molar-refractivity contribution is -0.156. The molecule has 0 fully saturated rings. The molecule has 2 atom stereocenters. The topological polar surface area (TPSA) is 72.9 Å². The van der Waals surface area contributed by atoms with Crippen molar-refractivity contribution >= 4 is 7.94 Å². The molecular weight excluding hydrogens is 171 g/mol. The highest BCUT2D eigenvalue weighted by atomic mass is 31.1. The SMILES string of the molecule is CCC(CC)CC(N)C[P+](=N)[O-]. The van der Waals surface area contributed by atoms with E-state index < -0.39 is 7.94 Å². The Balaban J connectivity index is 3.65. The second-order valence-corrected chi connectivity index (χ2v) is 4.36. The Bertz CT molecular complexity index is 137. The average molecular weight is 190 g/mol. The quantitative estimate of drug-likeness (QED) is 0.625. The van der Waals surface area contributed by atoms with E-state index in [0.29, 0.717) is 12.1 Å². The first kappa shape index (κ1) is 12.0. The number of nitrogens with two attached hydrogens (primary N) is 1. The van der Waals surface area contributed by atoms with Crippen LogP contribution in [0.1, 0.15) is 33.1 Å². The van der Waals surface area contributed by atoms with Crippen molar-refractivity contribution in [3.63, 3.8) is 0 Å². The minimum absolute atomic E-state index is 0.0454. The number of rotatable bonds is 6. The van der Waals surface area contributed by atoms with E-state index in [1.165, 1.54) is 0 Å². The lowest BCUT2D eigenvalue weighted by Crippen LogP contribution is -2.26. The van der Waals surface area contributed by atoms with Crippen LogP contribution in [0.15, 0.2) is 0 Å².